The summed E-state index contributed by atoms with van der Waals surface area (Å²) in [5.41, 5.74) is 0. The molecule has 7 heteroatoms. The molecule has 0 bridgehead atoms. The van der Waals surface area contributed by atoms with Crippen molar-refractivity contribution < 1.29 is 18.7 Å². The van der Waals surface area contributed by atoms with Gasteiger partial charge in [-0.15, -0.1) is 11.6 Å². The maximum Gasteiger partial charge on any atom is 0.242 e. The molecule has 2 amide bonds. The van der Waals surface area contributed by atoms with Crippen LogP contribution in [0, 0.1) is 0 Å². The van der Waals surface area contributed by atoms with E-state index in [9.17, 15) is 9.59 Å². The minimum Gasteiger partial charge on any atom is -0.467 e. The number of unbranched alkanes of at least 4 members (excludes halogenated alkanes) is 1. The summed E-state index contributed by atoms with van der Waals surface area (Å²) in [6.45, 7) is 5.87. The van der Waals surface area contributed by atoms with Crippen molar-refractivity contribution in [2.45, 2.75) is 57.6 Å². The normalized spacial score (nSPS) is 17.9. The van der Waals surface area contributed by atoms with E-state index < -0.39 is 5.38 Å². The topological polar surface area (TPSA) is 63.0 Å². The van der Waals surface area contributed by atoms with Gasteiger partial charge >= 0.3 is 0 Å². The Kier molecular flexibility index (Phi) is 8.45. The van der Waals surface area contributed by atoms with Crippen molar-refractivity contribution in [2.24, 2.45) is 0 Å². The van der Waals surface area contributed by atoms with Gasteiger partial charge in [0.2, 0.25) is 11.8 Å². The number of hydrogen-bond donors (Lipinski definition) is 0. The number of carbonyl (C=O) groups is 2. The zero-order valence-electron chi connectivity index (χ0n) is 15.7. The fraction of sp³-hybridized carbons (Fsp3) is 0.684. The van der Waals surface area contributed by atoms with E-state index in [1.165, 1.54) is 0 Å². The molecule has 0 radical (unpaired) electrons. The highest BCUT2D eigenvalue weighted by Crippen LogP contribution is 2.16. The predicted molar refractivity (Wildman–Crippen MR) is 99.9 cm³/mol. The van der Waals surface area contributed by atoms with E-state index in [0.29, 0.717) is 25.4 Å². The quantitative estimate of drug-likeness (QED) is 0.581. The first-order chi connectivity index (χ1) is 12.5. The zero-order chi connectivity index (χ0) is 18.9. The highest BCUT2D eigenvalue weighted by Gasteiger charge is 2.27. The smallest absolute Gasteiger partial charge is 0.242 e. The molecular weight excluding hydrogens is 356 g/mol. The number of rotatable bonds is 10. The van der Waals surface area contributed by atoms with Gasteiger partial charge < -0.3 is 19.0 Å². The minimum absolute atomic E-state index is 0.0311. The highest BCUT2D eigenvalue weighted by atomic mass is 35.5. The molecule has 1 fully saturated rings. The molecule has 6 nitrogen and oxygen atoms in total. The molecule has 2 heterocycles. The number of amides is 2. The fourth-order valence-electron chi connectivity index (χ4n) is 3.01. The first-order valence-corrected chi connectivity index (χ1v) is 9.79. The molecule has 2 rings (SSSR count). The van der Waals surface area contributed by atoms with Crippen LogP contribution in [0.2, 0.25) is 0 Å². The summed E-state index contributed by atoms with van der Waals surface area (Å²) in [5.74, 6) is 0.399. The van der Waals surface area contributed by atoms with Crippen LogP contribution in [-0.4, -0.2) is 59.3 Å². The van der Waals surface area contributed by atoms with Crippen LogP contribution >= 0.6 is 11.6 Å². The van der Waals surface area contributed by atoms with Crippen LogP contribution in [0.25, 0.3) is 0 Å². The molecule has 0 aliphatic carbocycles. The molecule has 1 aliphatic heterocycles. The molecule has 1 aliphatic rings. The van der Waals surface area contributed by atoms with E-state index in [2.05, 4.69) is 6.92 Å². The van der Waals surface area contributed by atoms with Crippen LogP contribution in [0.1, 0.15) is 45.3 Å². The third kappa shape index (κ3) is 6.32. The van der Waals surface area contributed by atoms with Gasteiger partial charge in [0.05, 0.1) is 25.5 Å². The van der Waals surface area contributed by atoms with E-state index in [1.54, 1.807) is 29.1 Å². The molecule has 146 valence electrons. The summed E-state index contributed by atoms with van der Waals surface area (Å²) in [6.07, 6.45) is 5.38. The lowest BCUT2D eigenvalue weighted by molar-refractivity contribution is -0.141. The Bertz CT molecular complexity index is 556. The number of hydrogen-bond acceptors (Lipinski definition) is 4. The van der Waals surface area contributed by atoms with Crippen molar-refractivity contribution >= 4 is 23.4 Å². The monoisotopic (exact) mass is 384 g/mol. The van der Waals surface area contributed by atoms with E-state index in [-0.39, 0.29) is 24.5 Å². The van der Waals surface area contributed by atoms with Gasteiger partial charge in [-0.3, -0.25) is 9.59 Å². The Balaban J connectivity index is 2.05. The Morgan fingerprint density at radius 1 is 1.38 bits per heavy atom. The molecule has 1 aromatic heterocycles. The summed E-state index contributed by atoms with van der Waals surface area (Å²) in [5, 5.41) is -0.642. The van der Waals surface area contributed by atoms with Gasteiger partial charge in [-0.2, -0.15) is 0 Å². The van der Waals surface area contributed by atoms with Gasteiger partial charge in [0.1, 0.15) is 11.1 Å². The first kappa shape index (κ1) is 20.8. The second kappa shape index (κ2) is 10.6. The second-order valence-electron chi connectivity index (χ2n) is 6.72. The predicted octanol–water partition coefficient (Wildman–Crippen LogP) is 3.04. The maximum absolute atomic E-state index is 12.9. The van der Waals surface area contributed by atoms with Crippen LogP contribution < -0.4 is 0 Å². The van der Waals surface area contributed by atoms with Gasteiger partial charge in [-0.25, -0.2) is 0 Å². The van der Waals surface area contributed by atoms with Crippen LogP contribution in [0.3, 0.4) is 0 Å². The van der Waals surface area contributed by atoms with Crippen molar-refractivity contribution in [3.63, 3.8) is 0 Å². The fourth-order valence-corrected chi connectivity index (χ4v) is 3.15. The molecule has 0 aromatic carbocycles. The molecule has 26 heavy (non-hydrogen) atoms. The lowest BCUT2D eigenvalue weighted by Gasteiger charge is -2.29. The van der Waals surface area contributed by atoms with Crippen molar-refractivity contribution in [2.75, 3.05) is 26.2 Å². The standard InChI is InChI=1S/C19H29ClN2O4/c1-3-4-9-21(19(24)15(2)20)14-18(23)22(12-16-7-5-10-25-16)13-17-8-6-11-26-17/h5,7,10,15,17H,3-4,6,8-9,11-14H2,1-2H3/t15-,17+/m1/s1. The number of nitrogens with zero attached hydrogens (tertiary/aromatic N) is 2. The van der Waals surface area contributed by atoms with E-state index >= 15 is 0 Å². The summed E-state index contributed by atoms with van der Waals surface area (Å²) in [6, 6.07) is 3.65. The third-order valence-corrected chi connectivity index (χ3v) is 4.67. The van der Waals surface area contributed by atoms with Gasteiger partial charge in [0.15, 0.2) is 0 Å². The average molecular weight is 385 g/mol. The number of halogens is 1. The molecule has 2 atom stereocenters. The van der Waals surface area contributed by atoms with Gasteiger partial charge in [-0.1, -0.05) is 13.3 Å². The van der Waals surface area contributed by atoms with Crippen molar-refractivity contribution in [3.05, 3.63) is 24.2 Å². The molecule has 1 saturated heterocycles. The third-order valence-electron chi connectivity index (χ3n) is 4.49. The lowest BCUT2D eigenvalue weighted by atomic mass is 10.2. The zero-order valence-corrected chi connectivity index (χ0v) is 16.4. The lowest BCUT2D eigenvalue weighted by Crippen LogP contribution is -2.46. The molecule has 0 saturated carbocycles. The molecule has 0 N–H and O–H groups in total. The number of alkyl halides is 1. The van der Waals surface area contributed by atoms with Crippen molar-refractivity contribution in [3.8, 4) is 0 Å². The van der Waals surface area contributed by atoms with Gasteiger partial charge in [0, 0.05) is 19.7 Å². The summed E-state index contributed by atoms with van der Waals surface area (Å²) in [7, 11) is 0. The molecule has 0 spiro atoms. The van der Waals surface area contributed by atoms with Crippen LogP contribution in [0.15, 0.2) is 22.8 Å². The Hall–Kier alpha value is -1.53. The minimum atomic E-state index is -0.642. The van der Waals surface area contributed by atoms with E-state index in [1.807, 2.05) is 6.07 Å². The summed E-state index contributed by atoms with van der Waals surface area (Å²) in [4.78, 5) is 28.6. The van der Waals surface area contributed by atoms with E-state index in [4.69, 9.17) is 20.8 Å². The highest BCUT2D eigenvalue weighted by molar-refractivity contribution is 6.30. The summed E-state index contributed by atoms with van der Waals surface area (Å²) < 4.78 is 11.1. The SMILES string of the molecule is CCCCN(CC(=O)N(Cc1ccco1)C[C@@H]1CCCO1)C(=O)[C@@H](C)Cl. The van der Waals surface area contributed by atoms with Crippen LogP contribution in [-0.2, 0) is 20.9 Å². The molecule has 0 unspecified atom stereocenters. The van der Waals surface area contributed by atoms with Gasteiger partial charge in [0.25, 0.3) is 0 Å². The summed E-state index contributed by atoms with van der Waals surface area (Å²) >= 11 is 5.97. The number of furan rings is 1. The van der Waals surface area contributed by atoms with Crippen LogP contribution in [0.4, 0.5) is 0 Å². The Morgan fingerprint density at radius 3 is 2.77 bits per heavy atom. The molecule has 1 aromatic rings. The maximum atomic E-state index is 12.9. The largest absolute Gasteiger partial charge is 0.467 e. The van der Waals surface area contributed by atoms with E-state index in [0.717, 1.165) is 32.3 Å². The first-order valence-electron chi connectivity index (χ1n) is 9.35. The number of carbonyl (C=O) groups excluding carboxylic acids is 2. The van der Waals surface area contributed by atoms with Crippen molar-refractivity contribution in [1.29, 1.82) is 0 Å². The van der Waals surface area contributed by atoms with Gasteiger partial charge in [-0.05, 0) is 38.3 Å². The van der Waals surface area contributed by atoms with Crippen molar-refractivity contribution in [1.82, 2.24) is 9.80 Å². The number of ether oxygens (including phenoxy) is 1. The Morgan fingerprint density at radius 2 is 2.19 bits per heavy atom. The second-order valence-corrected chi connectivity index (χ2v) is 7.37. The Labute approximate surface area is 160 Å². The molecular formula is C19H29ClN2O4. The average Bonchev–Trinajstić information content (AvgIpc) is 3.31. The van der Waals surface area contributed by atoms with Crippen LogP contribution in [0.5, 0.6) is 0 Å².